The van der Waals surface area contributed by atoms with Crippen LogP contribution in [0.15, 0.2) is 0 Å². The summed E-state index contributed by atoms with van der Waals surface area (Å²) in [5.41, 5.74) is 5.51. The van der Waals surface area contributed by atoms with Crippen molar-refractivity contribution < 1.29 is 4.79 Å². The van der Waals surface area contributed by atoms with Crippen molar-refractivity contribution in [3.63, 3.8) is 0 Å². The van der Waals surface area contributed by atoms with E-state index in [1.807, 2.05) is 11.8 Å². The number of rotatable bonds is 2. The van der Waals surface area contributed by atoms with Crippen LogP contribution in [0.2, 0.25) is 0 Å². The molecule has 0 spiro atoms. The lowest BCUT2D eigenvalue weighted by molar-refractivity contribution is -0.136. The largest absolute Gasteiger partial charge is 0.339 e. The second-order valence-corrected chi connectivity index (χ2v) is 3.77. The highest BCUT2D eigenvalue weighted by atomic mass is 16.2. The van der Waals surface area contributed by atoms with E-state index in [9.17, 15) is 4.79 Å². The van der Waals surface area contributed by atoms with E-state index in [2.05, 4.69) is 6.92 Å². The molecular formula is C9H18N2O. The third-order valence-electron chi connectivity index (χ3n) is 2.58. The molecule has 0 saturated carbocycles. The van der Waals surface area contributed by atoms with Crippen molar-refractivity contribution >= 4 is 5.91 Å². The first kappa shape index (κ1) is 9.52. The molecule has 0 aromatic rings. The van der Waals surface area contributed by atoms with Crippen molar-refractivity contribution in [3.05, 3.63) is 0 Å². The normalized spacial score (nSPS) is 27.4. The van der Waals surface area contributed by atoms with Gasteiger partial charge in [-0.2, -0.15) is 0 Å². The minimum atomic E-state index is 0.213. The zero-order valence-corrected chi connectivity index (χ0v) is 7.92. The Bertz CT molecular complexity index is 170. The molecule has 0 radical (unpaired) electrons. The lowest BCUT2D eigenvalue weighted by Gasteiger charge is -2.34. The van der Waals surface area contributed by atoms with Crippen molar-refractivity contribution in [2.75, 3.05) is 13.1 Å². The van der Waals surface area contributed by atoms with Crippen LogP contribution in [0.25, 0.3) is 0 Å². The molecule has 1 heterocycles. The van der Waals surface area contributed by atoms with Gasteiger partial charge in [0, 0.05) is 25.6 Å². The highest BCUT2D eigenvalue weighted by Gasteiger charge is 2.25. The van der Waals surface area contributed by atoms with Gasteiger partial charge in [0.05, 0.1) is 0 Å². The molecule has 0 aromatic carbocycles. The summed E-state index contributed by atoms with van der Waals surface area (Å²) >= 11 is 0. The summed E-state index contributed by atoms with van der Waals surface area (Å²) in [4.78, 5) is 13.4. The third-order valence-corrected chi connectivity index (χ3v) is 2.58. The van der Waals surface area contributed by atoms with Gasteiger partial charge in [-0.25, -0.2) is 0 Å². The van der Waals surface area contributed by atoms with Crippen molar-refractivity contribution in [1.82, 2.24) is 4.90 Å². The molecular weight excluding hydrogens is 152 g/mol. The molecule has 1 fully saturated rings. The average molecular weight is 170 g/mol. The van der Waals surface area contributed by atoms with Gasteiger partial charge in [-0.15, -0.1) is 0 Å². The number of hydrogen-bond acceptors (Lipinski definition) is 2. The number of piperidine rings is 1. The lowest BCUT2D eigenvalue weighted by Crippen LogP contribution is -2.46. The van der Waals surface area contributed by atoms with Crippen LogP contribution in [-0.2, 0) is 4.79 Å². The van der Waals surface area contributed by atoms with E-state index in [0.717, 1.165) is 13.0 Å². The molecule has 3 nitrogen and oxygen atoms in total. The standard InChI is InChI=1S/C9H18N2O/c1-7-3-4-11(8(2)6-10)9(12)5-7/h7-8H,3-6,10H2,1-2H3. The molecule has 12 heavy (non-hydrogen) atoms. The van der Waals surface area contributed by atoms with E-state index in [-0.39, 0.29) is 11.9 Å². The van der Waals surface area contributed by atoms with Gasteiger partial charge >= 0.3 is 0 Å². The number of nitrogens with zero attached hydrogens (tertiary/aromatic N) is 1. The van der Waals surface area contributed by atoms with Crippen LogP contribution >= 0.6 is 0 Å². The zero-order chi connectivity index (χ0) is 9.14. The number of hydrogen-bond donors (Lipinski definition) is 1. The molecule has 1 rings (SSSR count). The van der Waals surface area contributed by atoms with Crippen molar-refractivity contribution in [2.24, 2.45) is 11.7 Å². The van der Waals surface area contributed by atoms with E-state index >= 15 is 0 Å². The number of carbonyl (C=O) groups is 1. The van der Waals surface area contributed by atoms with Crippen LogP contribution in [0.3, 0.4) is 0 Å². The Hall–Kier alpha value is -0.570. The summed E-state index contributed by atoms with van der Waals surface area (Å²) in [6.45, 7) is 5.59. The SMILES string of the molecule is CC1CCN(C(C)CN)C(=O)C1. The third kappa shape index (κ3) is 1.97. The number of nitrogens with two attached hydrogens (primary N) is 1. The minimum absolute atomic E-state index is 0.213. The van der Waals surface area contributed by atoms with Crippen molar-refractivity contribution in [3.8, 4) is 0 Å². The van der Waals surface area contributed by atoms with Gasteiger partial charge in [0.15, 0.2) is 0 Å². The zero-order valence-electron chi connectivity index (χ0n) is 7.92. The van der Waals surface area contributed by atoms with Crippen molar-refractivity contribution in [2.45, 2.75) is 32.7 Å². The Morgan fingerprint density at radius 3 is 2.92 bits per heavy atom. The summed E-state index contributed by atoms with van der Waals surface area (Å²) < 4.78 is 0. The maximum absolute atomic E-state index is 11.5. The molecule has 3 heteroatoms. The topological polar surface area (TPSA) is 46.3 Å². The van der Waals surface area contributed by atoms with Gasteiger partial charge in [-0.05, 0) is 19.3 Å². The monoisotopic (exact) mass is 170 g/mol. The molecule has 2 N–H and O–H groups in total. The van der Waals surface area contributed by atoms with E-state index in [1.165, 1.54) is 0 Å². The highest BCUT2D eigenvalue weighted by molar-refractivity contribution is 5.77. The fourth-order valence-electron chi connectivity index (χ4n) is 1.60. The molecule has 0 aliphatic carbocycles. The van der Waals surface area contributed by atoms with Crippen LogP contribution in [0.4, 0.5) is 0 Å². The molecule has 2 unspecified atom stereocenters. The molecule has 70 valence electrons. The summed E-state index contributed by atoms with van der Waals surface area (Å²) in [5, 5.41) is 0. The Morgan fingerprint density at radius 2 is 2.42 bits per heavy atom. The fourth-order valence-corrected chi connectivity index (χ4v) is 1.60. The van der Waals surface area contributed by atoms with Gasteiger partial charge in [0.1, 0.15) is 0 Å². The van der Waals surface area contributed by atoms with Crippen LogP contribution in [-0.4, -0.2) is 29.9 Å². The second-order valence-electron chi connectivity index (χ2n) is 3.77. The first-order valence-corrected chi connectivity index (χ1v) is 4.64. The van der Waals surface area contributed by atoms with Gasteiger partial charge in [0.25, 0.3) is 0 Å². The number of likely N-dealkylation sites (tertiary alicyclic amines) is 1. The van der Waals surface area contributed by atoms with Crippen LogP contribution in [0.5, 0.6) is 0 Å². The molecule has 1 amide bonds. The highest BCUT2D eigenvalue weighted by Crippen LogP contribution is 2.18. The lowest BCUT2D eigenvalue weighted by atomic mass is 9.97. The van der Waals surface area contributed by atoms with Gasteiger partial charge in [-0.3, -0.25) is 4.79 Å². The summed E-state index contributed by atoms with van der Waals surface area (Å²) in [5.74, 6) is 0.824. The molecule has 1 aliphatic heterocycles. The maximum Gasteiger partial charge on any atom is 0.223 e. The second kappa shape index (κ2) is 3.90. The summed E-state index contributed by atoms with van der Waals surface area (Å²) in [6.07, 6.45) is 1.82. The Morgan fingerprint density at radius 1 is 1.75 bits per heavy atom. The van der Waals surface area contributed by atoms with Crippen LogP contribution in [0.1, 0.15) is 26.7 Å². The maximum atomic E-state index is 11.5. The van der Waals surface area contributed by atoms with Crippen molar-refractivity contribution in [1.29, 1.82) is 0 Å². The quantitative estimate of drug-likeness (QED) is 0.659. The number of amides is 1. The van der Waals surface area contributed by atoms with Crippen LogP contribution < -0.4 is 5.73 Å². The summed E-state index contributed by atoms with van der Waals surface area (Å²) in [6, 6.07) is 0.213. The number of carbonyl (C=O) groups excluding carboxylic acids is 1. The predicted octanol–water partition coefficient (Wildman–Crippen LogP) is 0.592. The first-order chi connectivity index (χ1) is 5.65. The molecule has 0 aromatic heterocycles. The molecule has 0 bridgehead atoms. The van der Waals surface area contributed by atoms with Crippen LogP contribution in [0, 0.1) is 5.92 Å². The molecule has 1 aliphatic rings. The Kier molecular flexibility index (Phi) is 3.09. The molecule has 1 saturated heterocycles. The fraction of sp³-hybridized carbons (Fsp3) is 0.889. The smallest absolute Gasteiger partial charge is 0.223 e. The minimum Gasteiger partial charge on any atom is -0.339 e. The van der Waals surface area contributed by atoms with Gasteiger partial charge in [-0.1, -0.05) is 6.92 Å². The Labute approximate surface area is 73.9 Å². The predicted molar refractivity (Wildman–Crippen MR) is 48.6 cm³/mol. The first-order valence-electron chi connectivity index (χ1n) is 4.64. The molecule has 2 atom stereocenters. The Balaban J connectivity index is 2.50. The summed E-state index contributed by atoms with van der Waals surface area (Å²) in [7, 11) is 0. The van der Waals surface area contributed by atoms with Gasteiger partial charge in [0.2, 0.25) is 5.91 Å². The average Bonchev–Trinajstić information content (AvgIpc) is 2.03. The van der Waals surface area contributed by atoms with E-state index < -0.39 is 0 Å². The van der Waals surface area contributed by atoms with E-state index in [0.29, 0.717) is 18.9 Å². The van der Waals surface area contributed by atoms with Gasteiger partial charge < -0.3 is 10.6 Å². The van der Waals surface area contributed by atoms with E-state index in [1.54, 1.807) is 0 Å². The van der Waals surface area contributed by atoms with E-state index in [4.69, 9.17) is 5.73 Å².